The first-order chi connectivity index (χ1) is 16.6. The molecular formula is C27H26N2O5S. The summed E-state index contributed by atoms with van der Waals surface area (Å²) in [4.78, 5) is 25.3. The van der Waals surface area contributed by atoms with E-state index < -0.39 is 10.0 Å². The number of hydrogen-bond acceptors (Lipinski definition) is 5. The number of sulfonamides is 1. The molecular weight excluding hydrogens is 464 g/mol. The van der Waals surface area contributed by atoms with Crippen LogP contribution in [0.1, 0.15) is 29.8 Å². The van der Waals surface area contributed by atoms with Crippen LogP contribution in [0.2, 0.25) is 0 Å². The van der Waals surface area contributed by atoms with E-state index in [-0.39, 0.29) is 22.1 Å². The van der Waals surface area contributed by atoms with E-state index in [0.717, 1.165) is 5.56 Å². The molecule has 0 atom stereocenters. The van der Waals surface area contributed by atoms with E-state index in [1.165, 1.54) is 18.2 Å². The Labute approximate surface area is 203 Å². The van der Waals surface area contributed by atoms with E-state index in [1.807, 2.05) is 26.8 Å². The van der Waals surface area contributed by atoms with Gasteiger partial charge >= 0.3 is 0 Å². The van der Waals surface area contributed by atoms with E-state index in [0.29, 0.717) is 40.1 Å². The molecule has 4 aromatic rings. The minimum atomic E-state index is -3.60. The van der Waals surface area contributed by atoms with Crippen molar-refractivity contribution >= 4 is 32.6 Å². The lowest BCUT2D eigenvalue weighted by Crippen LogP contribution is -2.27. The number of amides is 1. The molecule has 0 radical (unpaired) electrons. The third-order valence-electron chi connectivity index (χ3n) is 5.42. The molecule has 35 heavy (non-hydrogen) atoms. The zero-order chi connectivity index (χ0) is 25.2. The number of nitrogens with one attached hydrogen (secondary N) is 2. The van der Waals surface area contributed by atoms with Gasteiger partial charge in [0.2, 0.25) is 10.0 Å². The summed E-state index contributed by atoms with van der Waals surface area (Å²) in [5.41, 5.74) is 2.90. The fourth-order valence-electron chi connectivity index (χ4n) is 3.48. The van der Waals surface area contributed by atoms with Crippen molar-refractivity contribution in [1.82, 2.24) is 4.72 Å². The van der Waals surface area contributed by atoms with Crippen LogP contribution in [0, 0.1) is 12.8 Å². The molecule has 3 aromatic carbocycles. The number of anilines is 1. The van der Waals surface area contributed by atoms with Crippen LogP contribution in [0.3, 0.4) is 0 Å². The Balaban J connectivity index is 1.47. The number of rotatable bonds is 7. The van der Waals surface area contributed by atoms with Crippen LogP contribution in [-0.2, 0) is 10.0 Å². The molecule has 0 aliphatic heterocycles. The highest BCUT2D eigenvalue weighted by Crippen LogP contribution is 2.23. The molecule has 0 saturated carbocycles. The molecule has 0 saturated heterocycles. The van der Waals surface area contributed by atoms with Crippen LogP contribution >= 0.6 is 0 Å². The first kappa shape index (κ1) is 24.4. The molecule has 0 unspecified atom stereocenters. The first-order valence-electron chi connectivity index (χ1n) is 11.2. The van der Waals surface area contributed by atoms with Gasteiger partial charge in [-0.05, 0) is 61.4 Å². The van der Waals surface area contributed by atoms with Gasteiger partial charge in [-0.1, -0.05) is 37.6 Å². The number of fused-ring (bicyclic) bond motifs is 1. The summed E-state index contributed by atoms with van der Waals surface area (Å²) < 4.78 is 33.1. The summed E-state index contributed by atoms with van der Waals surface area (Å²) in [6.45, 7) is 6.11. The number of carbonyl (C=O) groups excluding carboxylic acids is 1. The minimum absolute atomic E-state index is 0.128. The first-order valence-corrected chi connectivity index (χ1v) is 12.7. The maximum atomic E-state index is 12.7. The molecule has 0 aliphatic carbocycles. The highest BCUT2D eigenvalue weighted by molar-refractivity contribution is 7.89. The smallest absolute Gasteiger partial charge is 0.255 e. The Morgan fingerprint density at radius 1 is 0.943 bits per heavy atom. The molecule has 0 aliphatic rings. The van der Waals surface area contributed by atoms with Crippen LogP contribution in [0.25, 0.3) is 22.3 Å². The van der Waals surface area contributed by atoms with Gasteiger partial charge in [0, 0.05) is 29.4 Å². The molecule has 1 amide bonds. The van der Waals surface area contributed by atoms with Crippen LogP contribution in [0.15, 0.2) is 86.9 Å². The Hall–Kier alpha value is -3.75. The van der Waals surface area contributed by atoms with Crippen molar-refractivity contribution in [2.24, 2.45) is 5.92 Å². The van der Waals surface area contributed by atoms with Crippen molar-refractivity contribution < 1.29 is 17.6 Å². The van der Waals surface area contributed by atoms with Crippen molar-refractivity contribution in [3.05, 3.63) is 94.1 Å². The van der Waals surface area contributed by atoms with Crippen LogP contribution in [-0.4, -0.2) is 20.9 Å². The van der Waals surface area contributed by atoms with Gasteiger partial charge in [0.15, 0.2) is 5.43 Å². The molecule has 8 heteroatoms. The van der Waals surface area contributed by atoms with Crippen molar-refractivity contribution in [1.29, 1.82) is 0 Å². The summed E-state index contributed by atoms with van der Waals surface area (Å²) in [7, 11) is -3.60. The fourth-order valence-corrected chi connectivity index (χ4v) is 4.69. The largest absolute Gasteiger partial charge is 0.456 e. The Morgan fingerprint density at radius 2 is 1.63 bits per heavy atom. The lowest BCUT2D eigenvalue weighted by molar-refractivity contribution is 0.102. The standard InChI is InChI=1S/C27H26N2O5S/c1-17(2)16-28-35(32,33)22-11-9-21(10-12-22)29-27(31)20-7-5-19(6-8-20)26-15-24(30)23-14-18(3)4-13-25(23)34-26/h4-15,17,28H,16H2,1-3H3,(H,29,31). The summed E-state index contributed by atoms with van der Waals surface area (Å²) in [6.07, 6.45) is 0. The zero-order valence-corrected chi connectivity index (χ0v) is 20.5. The average molecular weight is 491 g/mol. The van der Waals surface area contributed by atoms with E-state index in [9.17, 15) is 18.0 Å². The van der Waals surface area contributed by atoms with Gasteiger partial charge in [-0.2, -0.15) is 0 Å². The molecule has 180 valence electrons. The highest BCUT2D eigenvalue weighted by atomic mass is 32.2. The van der Waals surface area contributed by atoms with Crippen molar-refractivity contribution in [2.75, 3.05) is 11.9 Å². The lowest BCUT2D eigenvalue weighted by Gasteiger charge is -2.10. The van der Waals surface area contributed by atoms with Gasteiger partial charge in [0.05, 0.1) is 10.3 Å². The second-order valence-corrected chi connectivity index (χ2v) is 10.5. The Bertz CT molecular complexity index is 1540. The zero-order valence-electron chi connectivity index (χ0n) is 19.7. The monoisotopic (exact) mass is 490 g/mol. The van der Waals surface area contributed by atoms with E-state index in [1.54, 1.807) is 48.5 Å². The molecule has 0 fully saturated rings. The summed E-state index contributed by atoms with van der Waals surface area (Å²) in [5, 5.41) is 3.28. The Kier molecular flexibility index (Phi) is 6.86. The quantitative estimate of drug-likeness (QED) is 0.381. The maximum Gasteiger partial charge on any atom is 0.255 e. The number of carbonyl (C=O) groups is 1. The second-order valence-electron chi connectivity index (χ2n) is 8.78. The summed E-state index contributed by atoms with van der Waals surface area (Å²) >= 11 is 0. The molecule has 7 nitrogen and oxygen atoms in total. The molecule has 0 spiro atoms. The maximum absolute atomic E-state index is 12.7. The third kappa shape index (κ3) is 5.67. The van der Waals surface area contributed by atoms with Gasteiger partial charge in [-0.3, -0.25) is 9.59 Å². The Morgan fingerprint density at radius 3 is 2.29 bits per heavy atom. The van der Waals surface area contributed by atoms with Crippen molar-refractivity contribution in [2.45, 2.75) is 25.7 Å². The van der Waals surface area contributed by atoms with Crippen LogP contribution in [0.4, 0.5) is 5.69 Å². The molecule has 0 bridgehead atoms. The van der Waals surface area contributed by atoms with Crippen LogP contribution in [0.5, 0.6) is 0 Å². The average Bonchev–Trinajstić information content (AvgIpc) is 2.83. The van der Waals surface area contributed by atoms with E-state index in [2.05, 4.69) is 10.0 Å². The van der Waals surface area contributed by atoms with Gasteiger partial charge in [-0.25, -0.2) is 13.1 Å². The fraction of sp³-hybridized carbons (Fsp3) is 0.185. The van der Waals surface area contributed by atoms with Gasteiger partial charge < -0.3 is 9.73 Å². The van der Waals surface area contributed by atoms with E-state index in [4.69, 9.17) is 4.42 Å². The topological polar surface area (TPSA) is 105 Å². The second kappa shape index (κ2) is 9.85. The van der Waals surface area contributed by atoms with E-state index >= 15 is 0 Å². The molecule has 2 N–H and O–H groups in total. The van der Waals surface area contributed by atoms with Gasteiger partial charge in [-0.15, -0.1) is 0 Å². The molecule has 1 heterocycles. The lowest BCUT2D eigenvalue weighted by atomic mass is 10.1. The third-order valence-corrected chi connectivity index (χ3v) is 6.86. The normalized spacial score (nSPS) is 11.7. The molecule has 1 aromatic heterocycles. The summed E-state index contributed by atoms with van der Waals surface area (Å²) in [6, 6.07) is 19.6. The van der Waals surface area contributed by atoms with Gasteiger partial charge in [0.1, 0.15) is 11.3 Å². The number of hydrogen-bond donors (Lipinski definition) is 2. The number of aryl methyl sites for hydroxylation is 1. The highest BCUT2D eigenvalue weighted by Gasteiger charge is 2.15. The van der Waals surface area contributed by atoms with Crippen molar-refractivity contribution in [3.8, 4) is 11.3 Å². The number of benzene rings is 3. The SMILES string of the molecule is Cc1ccc2oc(-c3ccc(C(=O)Nc4ccc(S(=O)(=O)NCC(C)C)cc4)cc3)cc(=O)c2c1. The van der Waals surface area contributed by atoms with Crippen molar-refractivity contribution in [3.63, 3.8) is 0 Å². The summed E-state index contributed by atoms with van der Waals surface area (Å²) in [5.74, 6) is 0.262. The minimum Gasteiger partial charge on any atom is -0.456 e. The predicted molar refractivity (Wildman–Crippen MR) is 137 cm³/mol. The van der Waals surface area contributed by atoms with Crippen LogP contribution < -0.4 is 15.5 Å². The predicted octanol–water partition coefficient (Wildman–Crippen LogP) is 4.96. The van der Waals surface area contributed by atoms with Gasteiger partial charge in [0.25, 0.3) is 5.91 Å². The molecule has 4 rings (SSSR count).